The van der Waals surface area contributed by atoms with Gasteiger partial charge in [0.2, 0.25) is 0 Å². The van der Waals surface area contributed by atoms with Gasteiger partial charge in [0.15, 0.2) is 0 Å². The standard InChI is InChI=1S/C21H30OS/c1-14(2)18-13-12-16-9-7-8-15(3)20(22)19(18)21(16)23-17-10-5-4-6-11-17/h4-6,9-11,14-15,18-22H,7-8,12-13H2,1-3H3/b16-9-/t15-,18-,19+,20-,21?/m0/s1. The molecule has 1 N–H and O–H groups in total. The first-order valence-corrected chi connectivity index (χ1v) is 10.0. The Morgan fingerprint density at radius 2 is 1.87 bits per heavy atom. The van der Waals surface area contributed by atoms with E-state index in [1.54, 1.807) is 5.57 Å². The smallest absolute Gasteiger partial charge is 0.0610 e. The summed E-state index contributed by atoms with van der Waals surface area (Å²) in [5.41, 5.74) is 1.59. The van der Waals surface area contributed by atoms with Gasteiger partial charge in [-0.15, -0.1) is 11.8 Å². The number of hydrogen-bond acceptors (Lipinski definition) is 2. The van der Waals surface area contributed by atoms with Crippen LogP contribution in [0.3, 0.4) is 0 Å². The molecular formula is C21H30OS. The van der Waals surface area contributed by atoms with Crippen molar-refractivity contribution in [2.75, 3.05) is 0 Å². The molecule has 1 unspecified atom stereocenters. The van der Waals surface area contributed by atoms with Crippen LogP contribution in [-0.2, 0) is 0 Å². The van der Waals surface area contributed by atoms with E-state index in [1.165, 1.54) is 17.7 Å². The Balaban J connectivity index is 1.96. The fraction of sp³-hybridized carbons (Fsp3) is 0.619. The molecule has 1 nitrogen and oxygen atoms in total. The molecule has 1 aromatic carbocycles. The van der Waals surface area contributed by atoms with Crippen molar-refractivity contribution < 1.29 is 5.11 Å². The van der Waals surface area contributed by atoms with Crippen molar-refractivity contribution in [2.24, 2.45) is 23.7 Å². The highest BCUT2D eigenvalue weighted by Crippen LogP contribution is 2.49. The molecule has 3 rings (SSSR count). The molecule has 0 radical (unpaired) electrons. The predicted octanol–water partition coefficient (Wildman–Crippen LogP) is 5.55. The first-order chi connectivity index (χ1) is 11.1. The Labute approximate surface area is 145 Å². The SMILES string of the molecule is CC(C)[C@@H]1CC/C2=C/CC[C@H](C)[C@H](O)[C@@H]1C2Sc1ccccc1. The highest BCUT2D eigenvalue weighted by Gasteiger charge is 2.44. The fourth-order valence-corrected chi connectivity index (χ4v) is 5.94. The van der Waals surface area contributed by atoms with Crippen LogP contribution in [0.2, 0.25) is 0 Å². The van der Waals surface area contributed by atoms with Gasteiger partial charge in [0.25, 0.3) is 0 Å². The van der Waals surface area contributed by atoms with E-state index in [1.807, 2.05) is 11.8 Å². The lowest BCUT2D eigenvalue weighted by molar-refractivity contribution is 0.00522. The quantitative estimate of drug-likeness (QED) is 0.734. The van der Waals surface area contributed by atoms with Crippen LogP contribution in [0.4, 0.5) is 0 Å². The summed E-state index contributed by atoms with van der Waals surface area (Å²) >= 11 is 1.98. The average Bonchev–Trinajstić information content (AvgIpc) is 2.55. The molecule has 0 aromatic heterocycles. The van der Waals surface area contributed by atoms with Crippen molar-refractivity contribution >= 4 is 11.8 Å². The third-order valence-electron chi connectivity index (χ3n) is 5.84. The van der Waals surface area contributed by atoms with Crippen molar-refractivity contribution in [2.45, 2.75) is 62.7 Å². The maximum absolute atomic E-state index is 11.1. The van der Waals surface area contributed by atoms with Gasteiger partial charge in [-0.25, -0.2) is 0 Å². The summed E-state index contributed by atoms with van der Waals surface area (Å²) in [6.45, 7) is 6.90. The summed E-state index contributed by atoms with van der Waals surface area (Å²) in [4.78, 5) is 1.33. The number of rotatable bonds is 3. The normalized spacial score (nSPS) is 36.9. The van der Waals surface area contributed by atoms with Crippen LogP contribution in [0.5, 0.6) is 0 Å². The van der Waals surface area contributed by atoms with Gasteiger partial charge in [-0.1, -0.05) is 50.6 Å². The molecule has 1 aromatic rings. The Bertz CT molecular complexity index is 536. The lowest BCUT2D eigenvalue weighted by Gasteiger charge is -2.46. The van der Waals surface area contributed by atoms with Crippen molar-refractivity contribution in [3.63, 3.8) is 0 Å². The largest absolute Gasteiger partial charge is 0.392 e. The average molecular weight is 331 g/mol. The van der Waals surface area contributed by atoms with Crippen molar-refractivity contribution in [1.29, 1.82) is 0 Å². The number of aliphatic hydroxyl groups is 1. The Hall–Kier alpha value is -0.730. The zero-order chi connectivity index (χ0) is 16.4. The number of benzene rings is 1. The zero-order valence-electron chi connectivity index (χ0n) is 14.6. The van der Waals surface area contributed by atoms with Crippen LogP contribution in [0.15, 0.2) is 46.9 Å². The molecule has 2 bridgehead atoms. The molecule has 0 amide bonds. The van der Waals surface area contributed by atoms with Gasteiger partial charge in [-0.2, -0.15) is 0 Å². The van der Waals surface area contributed by atoms with E-state index in [4.69, 9.17) is 0 Å². The first-order valence-electron chi connectivity index (χ1n) is 9.16. The molecule has 23 heavy (non-hydrogen) atoms. The predicted molar refractivity (Wildman–Crippen MR) is 99.6 cm³/mol. The second-order valence-electron chi connectivity index (χ2n) is 7.70. The third kappa shape index (κ3) is 3.69. The summed E-state index contributed by atoms with van der Waals surface area (Å²) in [6.07, 6.45) is 7.02. The summed E-state index contributed by atoms with van der Waals surface area (Å²) < 4.78 is 0. The number of thioether (sulfide) groups is 1. The highest BCUT2D eigenvalue weighted by molar-refractivity contribution is 8.00. The minimum Gasteiger partial charge on any atom is -0.392 e. The highest BCUT2D eigenvalue weighted by atomic mass is 32.2. The number of fused-ring (bicyclic) bond motifs is 2. The van der Waals surface area contributed by atoms with Gasteiger partial charge in [-0.05, 0) is 55.6 Å². The van der Waals surface area contributed by atoms with Crippen LogP contribution in [0.1, 0.15) is 46.5 Å². The van der Waals surface area contributed by atoms with E-state index in [-0.39, 0.29) is 6.10 Å². The summed E-state index contributed by atoms with van der Waals surface area (Å²) in [6, 6.07) is 10.7. The van der Waals surface area contributed by atoms with Gasteiger partial charge < -0.3 is 5.11 Å². The molecule has 0 spiro atoms. The summed E-state index contributed by atoms with van der Waals surface area (Å²) in [5.74, 6) is 2.05. The van der Waals surface area contributed by atoms with Crippen molar-refractivity contribution in [3.05, 3.63) is 42.0 Å². The molecule has 5 atom stereocenters. The van der Waals surface area contributed by atoms with Gasteiger partial charge >= 0.3 is 0 Å². The van der Waals surface area contributed by atoms with Crippen LogP contribution in [0.25, 0.3) is 0 Å². The topological polar surface area (TPSA) is 20.2 Å². The zero-order valence-corrected chi connectivity index (χ0v) is 15.4. The molecule has 0 heterocycles. The van der Waals surface area contributed by atoms with Crippen LogP contribution in [0, 0.1) is 23.7 Å². The van der Waals surface area contributed by atoms with E-state index in [9.17, 15) is 5.11 Å². The maximum Gasteiger partial charge on any atom is 0.0610 e. The molecule has 0 aliphatic heterocycles. The van der Waals surface area contributed by atoms with Gasteiger partial charge in [-0.3, -0.25) is 0 Å². The number of allylic oxidation sites excluding steroid dienone is 1. The Morgan fingerprint density at radius 3 is 2.57 bits per heavy atom. The molecule has 1 saturated carbocycles. The van der Waals surface area contributed by atoms with E-state index in [0.717, 1.165) is 12.8 Å². The maximum atomic E-state index is 11.1. The minimum absolute atomic E-state index is 0.174. The second-order valence-corrected chi connectivity index (χ2v) is 8.91. The van der Waals surface area contributed by atoms with E-state index < -0.39 is 0 Å². The molecule has 2 aliphatic carbocycles. The Kier molecular flexibility index (Phi) is 5.53. The van der Waals surface area contributed by atoms with E-state index >= 15 is 0 Å². The van der Waals surface area contributed by atoms with Crippen LogP contribution >= 0.6 is 11.8 Å². The molecule has 1 fully saturated rings. The second kappa shape index (κ2) is 7.44. The van der Waals surface area contributed by atoms with Crippen molar-refractivity contribution in [1.82, 2.24) is 0 Å². The van der Waals surface area contributed by atoms with E-state index in [2.05, 4.69) is 57.2 Å². The summed E-state index contributed by atoms with van der Waals surface area (Å²) in [5, 5.41) is 11.6. The lowest BCUT2D eigenvalue weighted by atomic mass is 9.65. The fourth-order valence-electron chi connectivity index (χ4n) is 4.45. The summed E-state index contributed by atoms with van der Waals surface area (Å²) in [7, 11) is 0. The Morgan fingerprint density at radius 1 is 1.13 bits per heavy atom. The van der Waals surface area contributed by atoms with Crippen molar-refractivity contribution in [3.8, 4) is 0 Å². The van der Waals surface area contributed by atoms with Crippen LogP contribution < -0.4 is 0 Å². The third-order valence-corrected chi connectivity index (χ3v) is 7.26. The molecule has 2 aliphatic rings. The molecule has 0 saturated heterocycles. The van der Waals surface area contributed by atoms with Gasteiger partial charge in [0.1, 0.15) is 0 Å². The number of aliphatic hydroxyl groups excluding tert-OH is 1. The number of hydrogen-bond donors (Lipinski definition) is 1. The van der Waals surface area contributed by atoms with Gasteiger partial charge in [0.05, 0.1) is 6.10 Å². The van der Waals surface area contributed by atoms with Crippen LogP contribution in [-0.4, -0.2) is 16.5 Å². The molecule has 2 heteroatoms. The lowest BCUT2D eigenvalue weighted by Crippen LogP contribution is -2.45. The van der Waals surface area contributed by atoms with Gasteiger partial charge in [0, 0.05) is 16.1 Å². The monoisotopic (exact) mass is 330 g/mol. The first kappa shape index (κ1) is 17.1. The molecule has 126 valence electrons. The minimum atomic E-state index is -0.174. The van der Waals surface area contributed by atoms with E-state index in [0.29, 0.717) is 28.9 Å². The molecular weight excluding hydrogens is 300 g/mol.